The van der Waals surface area contributed by atoms with Crippen molar-refractivity contribution in [3.8, 4) is 0 Å². The number of benzene rings is 1. The largest absolute Gasteiger partial charge is 0.367 e. The predicted molar refractivity (Wildman–Crippen MR) is 74.7 cm³/mol. The van der Waals surface area contributed by atoms with E-state index in [0.29, 0.717) is 0 Å². The molecule has 2 aliphatic rings. The number of fused-ring (bicyclic) bond motifs is 1. The number of nitrogens with one attached hydrogen (secondary N) is 1. The van der Waals surface area contributed by atoms with Crippen LogP contribution in [0.3, 0.4) is 0 Å². The third-order valence-corrected chi connectivity index (χ3v) is 4.13. The van der Waals surface area contributed by atoms with Crippen LogP contribution < -0.4 is 5.32 Å². The van der Waals surface area contributed by atoms with E-state index < -0.39 is 10.6 Å². The summed E-state index contributed by atoms with van der Waals surface area (Å²) in [7, 11) is 0. The van der Waals surface area contributed by atoms with E-state index in [1.165, 1.54) is 12.1 Å². The minimum atomic E-state index is -0.880. The second-order valence-electron chi connectivity index (χ2n) is 5.62. The second kappa shape index (κ2) is 4.54. The Morgan fingerprint density at radius 2 is 2.29 bits per heavy atom. The summed E-state index contributed by atoms with van der Waals surface area (Å²) in [5, 5.41) is 17.7. The molecule has 1 amide bonds. The van der Waals surface area contributed by atoms with Crippen molar-refractivity contribution >= 4 is 17.3 Å². The number of hydrogen-bond donors (Lipinski definition) is 1. The number of oxime groups is 1. The van der Waals surface area contributed by atoms with Crippen LogP contribution in [-0.2, 0) is 9.63 Å². The second-order valence-corrected chi connectivity index (χ2v) is 5.62. The van der Waals surface area contributed by atoms with Crippen LogP contribution in [0.5, 0.6) is 0 Å². The molecule has 1 aromatic carbocycles. The highest BCUT2D eigenvalue weighted by atomic mass is 16.7. The van der Waals surface area contributed by atoms with Crippen LogP contribution in [-0.4, -0.2) is 22.3 Å². The molecule has 0 spiro atoms. The van der Waals surface area contributed by atoms with E-state index in [4.69, 9.17) is 4.84 Å². The van der Waals surface area contributed by atoms with Gasteiger partial charge in [-0.05, 0) is 19.4 Å². The summed E-state index contributed by atoms with van der Waals surface area (Å²) in [5.74, 6) is -0.456. The molecule has 0 aromatic heterocycles. The molecule has 2 aliphatic heterocycles. The van der Waals surface area contributed by atoms with Gasteiger partial charge in [-0.2, -0.15) is 0 Å². The minimum absolute atomic E-state index is 0.0219. The lowest BCUT2D eigenvalue weighted by Crippen LogP contribution is -2.58. The molecule has 3 atom stereocenters. The zero-order valence-electron chi connectivity index (χ0n) is 11.7. The van der Waals surface area contributed by atoms with Crippen LogP contribution >= 0.6 is 0 Å². The van der Waals surface area contributed by atoms with Gasteiger partial charge in [0.25, 0.3) is 5.69 Å². The number of amides is 1. The summed E-state index contributed by atoms with van der Waals surface area (Å²) in [6.45, 7) is 3.62. The molecule has 21 heavy (non-hydrogen) atoms. The highest BCUT2D eigenvalue weighted by molar-refractivity contribution is 5.91. The highest BCUT2D eigenvalue weighted by Gasteiger charge is 2.53. The molecule has 0 saturated carbocycles. The van der Waals surface area contributed by atoms with E-state index in [9.17, 15) is 14.9 Å². The molecule has 7 nitrogen and oxygen atoms in total. The summed E-state index contributed by atoms with van der Waals surface area (Å²) < 4.78 is 0. The van der Waals surface area contributed by atoms with Crippen LogP contribution in [0.1, 0.15) is 31.7 Å². The first-order valence-electron chi connectivity index (χ1n) is 6.69. The fourth-order valence-electron chi connectivity index (χ4n) is 3.28. The average molecular weight is 289 g/mol. The van der Waals surface area contributed by atoms with Crippen molar-refractivity contribution in [2.24, 2.45) is 11.1 Å². The molecule has 1 saturated heterocycles. The van der Waals surface area contributed by atoms with Gasteiger partial charge in [-0.1, -0.05) is 17.3 Å². The Bertz CT molecular complexity index is 657. The van der Waals surface area contributed by atoms with Crippen molar-refractivity contribution < 1.29 is 14.6 Å². The van der Waals surface area contributed by atoms with Crippen molar-refractivity contribution in [2.45, 2.75) is 31.9 Å². The Morgan fingerprint density at radius 1 is 1.52 bits per heavy atom. The quantitative estimate of drug-likeness (QED) is 0.665. The van der Waals surface area contributed by atoms with E-state index in [2.05, 4.69) is 10.5 Å². The van der Waals surface area contributed by atoms with Gasteiger partial charge in [-0.25, -0.2) is 0 Å². The number of carbonyl (C=O) groups excluding carboxylic acids is 1. The van der Waals surface area contributed by atoms with Crippen molar-refractivity contribution in [3.63, 3.8) is 0 Å². The third kappa shape index (κ3) is 2.14. The maximum Gasteiger partial charge on any atom is 0.269 e. The van der Waals surface area contributed by atoms with E-state index in [1.807, 2.05) is 13.0 Å². The smallest absolute Gasteiger partial charge is 0.269 e. The van der Waals surface area contributed by atoms with Crippen molar-refractivity contribution in [3.05, 3.63) is 39.9 Å². The van der Waals surface area contributed by atoms with Crippen molar-refractivity contribution in [2.75, 3.05) is 0 Å². The number of nitro groups is 1. The molecule has 1 aromatic rings. The summed E-state index contributed by atoms with van der Waals surface area (Å²) in [6.07, 6.45) is 0.262. The zero-order valence-corrected chi connectivity index (χ0v) is 11.7. The Morgan fingerprint density at radius 3 is 3.00 bits per heavy atom. The maximum atomic E-state index is 11.9. The molecule has 0 aliphatic carbocycles. The standard InChI is InChI=1S/C14H15N3O4/c1-8-13-11(7-12(18)15-14(13,2)21-16-8)9-4-3-5-10(6-9)17(19)20/h3-6,11,13H,7H2,1-2H3,(H,15,18)/t11?,13-,14-/m0/s1. The molecular formula is C14H15N3O4. The Kier molecular flexibility index (Phi) is 2.93. The first-order valence-corrected chi connectivity index (χ1v) is 6.69. The van der Waals surface area contributed by atoms with E-state index in [0.717, 1.165) is 11.3 Å². The van der Waals surface area contributed by atoms with Gasteiger partial charge in [0.15, 0.2) is 0 Å². The lowest BCUT2D eigenvalue weighted by atomic mass is 9.73. The van der Waals surface area contributed by atoms with Gasteiger partial charge < -0.3 is 10.2 Å². The van der Waals surface area contributed by atoms with Gasteiger partial charge in [0, 0.05) is 24.5 Å². The van der Waals surface area contributed by atoms with Gasteiger partial charge in [0.2, 0.25) is 11.6 Å². The van der Waals surface area contributed by atoms with Crippen LogP contribution in [0.25, 0.3) is 0 Å². The fraction of sp³-hybridized carbons (Fsp3) is 0.429. The van der Waals surface area contributed by atoms with Crippen LogP contribution in [0.2, 0.25) is 0 Å². The van der Waals surface area contributed by atoms with E-state index >= 15 is 0 Å². The van der Waals surface area contributed by atoms with Gasteiger partial charge in [0.1, 0.15) is 0 Å². The fourth-order valence-corrected chi connectivity index (χ4v) is 3.28. The van der Waals surface area contributed by atoms with Gasteiger partial charge in [-0.15, -0.1) is 0 Å². The van der Waals surface area contributed by atoms with E-state index in [1.54, 1.807) is 13.0 Å². The first-order chi connectivity index (χ1) is 9.90. The van der Waals surface area contributed by atoms with Crippen molar-refractivity contribution in [1.29, 1.82) is 0 Å². The maximum absolute atomic E-state index is 11.9. The van der Waals surface area contributed by atoms with E-state index in [-0.39, 0.29) is 29.9 Å². The predicted octanol–water partition coefficient (Wildman–Crippen LogP) is 1.94. The summed E-state index contributed by atoms with van der Waals surface area (Å²) in [6, 6.07) is 6.41. The summed E-state index contributed by atoms with van der Waals surface area (Å²) in [5.41, 5.74) is 0.687. The monoisotopic (exact) mass is 289 g/mol. The number of hydrogen-bond acceptors (Lipinski definition) is 5. The number of piperidine rings is 1. The highest BCUT2D eigenvalue weighted by Crippen LogP contribution is 2.44. The first kappa shape index (κ1) is 13.5. The SMILES string of the molecule is CC1=NO[C@]2(C)NC(=O)CC(c3cccc([N+](=O)[O-])c3)[C@H]12. The number of nitro benzene ring substituents is 1. The lowest BCUT2D eigenvalue weighted by molar-refractivity contribution is -0.384. The molecule has 0 radical (unpaired) electrons. The summed E-state index contributed by atoms with van der Waals surface area (Å²) in [4.78, 5) is 27.8. The molecule has 3 rings (SSSR count). The lowest BCUT2D eigenvalue weighted by Gasteiger charge is -2.39. The number of carbonyl (C=O) groups is 1. The summed E-state index contributed by atoms with van der Waals surface area (Å²) >= 11 is 0. The average Bonchev–Trinajstić information content (AvgIpc) is 2.73. The number of rotatable bonds is 2. The zero-order chi connectivity index (χ0) is 15.2. The molecule has 1 fully saturated rings. The van der Waals surface area contributed by atoms with Gasteiger partial charge >= 0.3 is 0 Å². The molecular weight excluding hydrogens is 274 g/mol. The minimum Gasteiger partial charge on any atom is -0.367 e. The van der Waals surface area contributed by atoms with Gasteiger partial charge in [-0.3, -0.25) is 14.9 Å². The Balaban J connectivity index is 2.03. The number of non-ortho nitro benzene ring substituents is 1. The molecule has 0 bridgehead atoms. The van der Waals surface area contributed by atoms with Crippen LogP contribution in [0, 0.1) is 16.0 Å². The number of nitrogens with zero attached hydrogens (tertiary/aromatic N) is 2. The molecule has 1 N–H and O–H groups in total. The molecule has 7 heteroatoms. The van der Waals surface area contributed by atoms with Crippen LogP contribution in [0.4, 0.5) is 5.69 Å². The normalized spacial score (nSPS) is 31.0. The Labute approximate surface area is 121 Å². The molecule has 2 heterocycles. The topological polar surface area (TPSA) is 93.8 Å². The van der Waals surface area contributed by atoms with Gasteiger partial charge in [0.05, 0.1) is 16.6 Å². The third-order valence-electron chi connectivity index (χ3n) is 4.13. The van der Waals surface area contributed by atoms with Crippen molar-refractivity contribution in [1.82, 2.24) is 5.32 Å². The molecule has 1 unspecified atom stereocenters. The molecule has 110 valence electrons. The Hall–Kier alpha value is -2.44. The van der Waals surface area contributed by atoms with Crippen LogP contribution in [0.15, 0.2) is 29.4 Å².